The number of ether oxygens (including phenoxy) is 2. The first-order valence-electron chi connectivity index (χ1n) is 13.6. The molecule has 0 heterocycles. The molecule has 2 atom stereocenters. The number of nitrogens with one attached hydrogen (secondary N) is 1. The van der Waals surface area contributed by atoms with Crippen molar-refractivity contribution in [3.63, 3.8) is 0 Å². The van der Waals surface area contributed by atoms with Gasteiger partial charge in [-0.25, -0.2) is 12.8 Å². The molecule has 0 aliphatic carbocycles. The van der Waals surface area contributed by atoms with Crippen molar-refractivity contribution in [1.82, 2.24) is 10.2 Å². The second-order valence-corrected chi connectivity index (χ2v) is 11.9. The molecule has 226 valence electrons. The van der Waals surface area contributed by atoms with Crippen LogP contribution in [-0.4, -0.2) is 58.0 Å². The number of carbonyl (C=O) groups excluding carboxylic acids is 2. The Labute approximate surface area is 247 Å². The summed E-state index contributed by atoms with van der Waals surface area (Å²) in [5.74, 6) is -0.933. The number of amides is 2. The molecule has 42 heavy (non-hydrogen) atoms. The van der Waals surface area contributed by atoms with Crippen molar-refractivity contribution >= 4 is 27.5 Å². The number of carbonyl (C=O) groups is 2. The van der Waals surface area contributed by atoms with Gasteiger partial charge in [0.2, 0.25) is 11.8 Å². The fraction of sp³-hybridized carbons (Fsp3) is 0.355. The van der Waals surface area contributed by atoms with Gasteiger partial charge in [0.25, 0.3) is 10.0 Å². The smallest absolute Gasteiger partial charge is 0.264 e. The van der Waals surface area contributed by atoms with Gasteiger partial charge in [0.1, 0.15) is 29.9 Å². The lowest BCUT2D eigenvalue weighted by Crippen LogP contribution is -2.52. The molecule has 0 spiro atoms. The van der Waals surface area contributed by atoms with Crippen LogP contribution in [0.5, 0.6) is 11.5 Å². The summed E-state index contributed by atoms with van der Waals surface area (Å²) in [5, 5.41) is 2.88. The minimum Gasteiger partial charge on any atom is -0.497 e. The van der Waals surface area contributed by atoms with Gasteiger partial charge in [-0.1, -0.05) is 36.8 Å². The molecular formula is C31H38FN3O6S. The average molecular weight is 600 g/mol. The first-order chi connectivity index (χ1) is 19.9. The summed E-state index contributed by atoms with van der Waals surface area (Å²) in [6.07, 6.45) is 0.683. The van der Waals surface area contributed by atoms with Crippen LogP contribution in [0.1, 0.15) is 38.3 Å². The van der Waals surface area contributed by atoms with E-state index in [0.717, 1.165) is 9.87 Å². The average Bonchev–Trinajstić information content (AvgIpc) is 2.98. The topological polar surface area (TPSA) is 105 Å². The third-order valence-electron chi connectivity index (χ3n) is 6.98. The first-order valence-corrected chi connectivity index (χ1v) is 15.0. The number of hydrogen-bond acceptors (Lipinski definition) is 6. The Kier molecular flexibility index (Phi) is 10.9. The Bertz CT molecular complexity index is 1480. The van der Waals surface area contributed by atoms with E-state index in [0.29, 0.717) is 17.7 Å². The van der Waals surface area contributed by atoms with Crippen molar-refractivity contribution in [3.05, 3.63) is 83.7 Å². The molecule has 2 amide bonds. The monoisotopic (exact) mass is 599 g/mol. The highest BCUT2D eigenvalue weighted by Crippen LogP contribution is 2.36. The molecular weight excluding hydrogens is 561 g/mol. The van der Waals surface area contributed by atoms with E-state index >= 15 is 0 Å². The number of halogens is 1. The predicted octanol–water partition coefficient (Wildman–Crippen LogP) is 4.68. The molecule has 3 rings (SSSR count). The second-order valence-electron chi connectivity index (χ2n) is 10.0. The molecule has 0 aliphatic rings. The van der Waals surface area contributed by atoms with Crippen molar-refractivity contribution in [2.75, 3.05) is 25.1 Å². The minimum atomic E-state index is -4.30. The summed E-state index contributed by atoms with van der Waals surface area (Å²) in [4.78, 5) is 28.5. The van der Waals surface area contributed by atoms with E-state index in [9.17, 15) is 22.4 Å². The molecule has 1 N–H and O–H groups in total. The van der Waals surface area contributed by atoms with Crippen molar-refractivity contribution < 1.29 is 31.9 Å². The third-order valence-corrected chi connectivity index (χ3v) is 8.75. The zero-order valence-electron chi connectivity index (χ0n) is 24.8. The fourth-order valence-electron chi connectivity index (χ4n) is 4.18. The number of anilines is 1. The molecule has 3 aromatic rings. The lowest BCUT2D eigenvalue weighted by Gasteiger charge is -2.33. The number of aryl methyl sites for hydroxylation is 1. The van der Waals surface area contributed by atoms with Crippen molar-refractivity contribution in [2.24, 2.45) is 0 Å². The van der Waals surface area contributed by atoms with Gasteiger partial charge in [-0.2, -0.15) is 0 Å². The number of benzene rings is 3. The van der Waals surface area contributed by atoms with Crippen LogP contribution in [0.2, 0.25) is 0 Å². The van der Waals surface area contributed by atoms with Crippen molar-refractivity contribution in [3.8, 4) is 11.5 Å². The van der Waals surface area contributed by atoms with Crippen LogP contribution in [0.15, 0.2) is 71.6 Å². The molecule has 0 saturated carbocycles. The standard InChI is InChI=1S/C31H38FN3O6S/c1-7-22(3)33-31(37)23(4)34(19-24-10-12-25(32)13-11-24)30(36)20-35(28-18-26(40-5)14-17-29(28)41-6)42(38,39)27-15-8-21(2)9-16-27/h8-18,22-23H,7,19-20H2,1-6H3,(H,33,37). The van der Waals surface area contributed by atoms with Crippen molar-refractivity contribution in [2.45, 2.75) is 57.6 Å². The number of nitrogens with zero attached hydrogens (tertiary/aromatic N) is 2. The number of methoxy groups -OCH3 is 2. The molecule has 0 aromatic heterocycles. The Morgan fingerprint density at radius 2 is 1.60 bits per heavy atom. The highest BCUT2D eigenvalue weighted by Gasteiger charge is 2.34. The van der Waals surface area contributed by atoms with Gasteiger partial charge in [-0.3, -0.25) is 13.9 Å². The SMILES string of the molecule is CCC(C)NC(=O)C(C)N(Cc1ccc(F)cc1)C(=O)CN(c1cc(OC)ccc1OC)S(=O)(=O)c1ccc(C)cc1. The maximum Gasteiger partial charge on any atom is 0.264 e. The summed E-state index contributed by atoms with van der Waals surface area (Å²) in [5.41, 5.74) is 1.52. The van der Waals surface area contributed by atoms with Crippen LogP contribution in [0.25, 0.3) is 0 Å². The van der Waals surface area contributed by atoms with Crippen LogP contribution in [-0.2, 0) is 26.2 Å². The molecule has 3 aromatic carbocycles. The maximum absolute atomic E-state index is 14.1. The summed E-state index contributed by atoms with van der Waals surface area (Å²) in [6.45, 7) is 6.48. The lowest BCUT2D eigenvalue weighted by molar-refractivity contribution is -0.139. The summed E-state index contributed by atoms with van der Waals surface area (Å²) >= 11 is 0. The molecule has 0 aliphatic heterocycles. The Balaban J connectivity index is 2.11. The van der Waals surface area contributed by atoms with E-state index in [-0.39, 0.29) is 28.9 Å². The highest BCUT2D eigenvalue weighted by atomic mass is 32.2. The van der Waals surface area contributed by atoms with Crippen LogP contribution in [0.3, 0.4) is 0 Å². The van der Waals surface area contributed by atoms with Gasteiger partial charge in [0, 0.05) is 18.7 Å². The molecule has 0 radical (unpaired) electrons. The zero-order valence-corrected chi connectivity index (χ0v) is 25.6. The largest absolute Gasteiger partial charge is 0.497 e. The zero-order chi connectivity index (χ0) is 31.0. The van der Waals surface area contributed by atoms with Gasteiger partial charge in [0.05, 0.1) is 24.8 Å². The highest BCUT2D eigenvalue weighted by molar-refractivity contribution is 7.92. The molecule has 9 nitrogen and oxygen atoms in total. The maximum atomic E-state index is 14.1. The predicted molar refractivity (Wildman–Crippen MR) is 160 cm³/mol. The van der Waals surface area contributed by atoms with Gasteiger partial charge in [0.15, 0.2) is 0 Å². The van der Waals surface area contributed by atoms with Gasteiger partial charge in [-0.15, -0.1) is 0 Å². The van der Waals surface area contributed by atoms with Gasteiger partial charge in [-0.05, 0) is 69.2 Å². The fourth-order valence-corrected chi connectivity index (χ4v) is 5.59. The Morgan fingerprint density at radius 1 is 0.952 bits per heavy atom. The second kappa shape index (κ2) is 14.2. The van der Waals surface area contributed by atoms with E-state index in [2.05, 4.69) is 5.32 Å². The Hall–Kier alpha value is -4.12. The van der Waals surface area contributed by atoms with Crippen LogP contribution >= 0.6 is 0 Å². The van der Waals surface area contributed by atoms with Crippen LogP contribution in [0, 0.1) is 12.7 Å². The summed E-state index contributed by atoms with van der Waals surface area (Å²) in [7, 11) is -1.47. The third kappa shape index (κ3) is 7.79. The summed E-state index contributed by atoms with van der Waals surface area (Å²) < 4.78 is 53.6. The molecule has 0 fully saturated rings. The normalized spacial score (nSPS) is 12.6. The van der Waals surface area contributed by atoms with Crippen LogP contribution in [0.4, 0.5) is 10.1 Å². The van der Waals surface area contributed by atoms with Gasteiger partial charge >= 0.3 is 0 Å². The number of rotatable bonds is 13. The van der Waals surface area contributed by atoms with E-state index in [1.807, 2.05) is 20.8 Å². The van der Waals surface area contributed by atoms with E-state index in [4.69, 9.17) is 9.47 Å². The molecule has 0 bridgehead atoms. The van der Waals surface area contributed by atoms with Gasteiger partial charge < -0.3 is 19.7 Å². The summed E-state index contributed by atoms with van der Waals surface area (Å²) in [6, 6.07) is 15.3. The first kappa shape index (κ1) is 32.4. The quantitative estimate of drug-likeness (QED) is 0.306. The molecule has 11 heteroatoms. The van der Waals surface area contributed by atoms with E-state index < -0.39 is 40.2 Å². The Morgan fingerprint density at radius 3 is 2.17 bits per heavy atom. The van der Waals surface area contributed by atoms with E-state index in [1.165, 1.54) is 61.6 Å². The lowest BCUT2D eigenvalue weighted by atomic mass is 10.1. The van der Waals surface area contributed by atoms with Crippen molar-refractivity contribution in [1.29, 1.82) is 0 Å². The number of sulfonamides is 1. The van der Waals surface area contributed by atoms with E-state index in [1.54, 1.807) is 31.2 Å². The minimum absolute atomic E-state index is 0.0292. The molecule has 2 unspecified atom stereocenters. The van der Waals surface area contributed by atoms with Crippen LogP contribution < -0.4 is 19.1 Å². The number of hydrogen-bond donors (Lipinski definition) is 1. The molecule has 0 saturated heterocycles.